The molecule has 2 amide bonds. The van der Waals surface area contributed by atoms with Crippen molar-refractivity contribution < 1.29 is 4.79 Å². The highest BCUT2D eigenvalue weighted by molar-refractivity contribution is 5.77. The fourth-order valence-corrected chi connectivity index (χ4v) is 2.51. The number of benzene rings is 1. The second kappa shape index (κ2) is 5.75. The van der Waals surface area contributed by atoms with E-state index >= 15 is 0 Å². The van der Waals surface area contributed by atoms with E-state index in [1.165, 1.54) is 5.56 Å². The van der Waals surface area contributed by atoms with Gasteiger partial charge in [0.25, 0.3) is 0 Å². The van der Waals surface area contributed by atoms with E-state index in [1.807, 2.05) is 6.07 Å². The highest BCUT2D eigenvalue weighted by atomic mass is 16.2. The molecule has 0 saturated carbocycles. The normalized spacial score (nSPS) is 18.8. The van der Waals surface area contributed by atoms with Gasteiger partial charge in [0.1, 0.15) is 6.54 Å². The van der Waals surface area contributed by atoms with Crippen LogP contribution in [0.25, 0.3) is 0 Å². The minimum Gasteiger partial charge on any atom is -0.319 e. The van der Waals surface area contributed by atoms with Gasteiger partial charge < -0.3 is 9.80 Å². The molecule has 0 aromatic heterocycles. The van der Waals surface area contributed by atoms with Gasteiger partial charge in [-0.25, -0.2) is 4.79 Å². The van der Waals surface area contributed by atoms with E-state index in [4.69, 9.17) is 5.26 Å². The Kier molecular flexibility index (Phi) is 4.06. The van der Waals surface area contributed by atoms with Crippen molar-refractivity contribution in [2.24, 2.45) is 0 Å². The van der Waals surface area contributed by atoms with Crippen molar-refractivity contribution in [3.8, 4) is 6.07 Å². The molecule has 2 rings (SSSR count). The first-order valence-corrected chi connectivity index (χ1v) is 6.65. The van der Waals surface area contributed by atoms with Gasteiger partial charge in [0.2, 0.25) is 0 Å². The van der Waals surface area contributed by atoms with Crippen molar-refractivity contribution >= 4 is 6.03 Å². The highest BCUT2D eigenvalue weighted by Crippen LogP contribution is 2.28. The maximum atomic E-state index is 11.9. The summed E-state index contributed by atoms with van der Waals surface area (Å²) in [5.74, 6) is 0. The molecule has 1 fully saturated rings. The molecule has 0 aliphatic carbocycles. The van der Waals surface area contributed by atoms with E-state index in [0.717, 1.165) is 18.4 Å². The van der Waals surface area contributed by atoms with Crippen LogP contribution in [0, 0.1) is 11.3 Å². The van der Waals surface area contributed by atoms with Crippen LogP contribution in [0.3, 0.4) is 0 Å². The van der Waals surface area contributed by atoms with Crippen LogP contribution >= 0.6 is 0 Å². The van der Waals surface area contributed by atoms with Crippen LogP contribution in [0.4, 0.5) is 4.79 Å². The first-order chi connectivity index (χ1) is 9.17. The van der Waals surface area contributed by atoms with Crippen LogP contribution in [-0.2, 0) is 6.42 Å². The Hall–Kier alpha value is -2.02. The lowest BCUT2D eigenvalue weighted by Crippen LogP contribution is -2.29. The first-order valence-electron chi connectivity index (χ1n) is 6.65. The molecule has 4 nitrogen and oxygen atoms in total. The number of hydrogen-bond acceptors (Lipinski definition) is 2. The van der Waals surface area contributed by atoms with Crippen molar-refractivity contribution in [3.05, 3.63) is 35.4 Å². The molecule has 0 spiro atoms. The van der Waals surface area contributed by atoms with Crippen LogP contribution in [0.5, 0.6) is 0 Å². The van der Waals surface area contributed by atoms with Crippen LogP contribution in [0.2, 0.25) is 0 Å². The van der Waals surface area contributed by atoms with Crippen molar-refractivity contribution in [1.82, 2.24) is 9.80 Å². The van der Waals surface area contributed by atoms with Gasteiger partial charge in [-0.2, -0.15) is 5.26 Å². The third kappa shape index (κ3) is 2.70. The number of rotatable bonds is 4. The Morgan fingerprint density at radius 2 is 2.05 bits per heavy atom. The maximum absolute atomic E-state index is 11.9. The summed E-state index contributed by atoms with van der Waals surface area (Å²) in [6.07, 6.45) is 2.22. The minimum atomic E-state index is -0.0656. The van der Waals surface area contributed by atoms with Gasteiger partial charge in [0, 0.05) is 13.6 Å². The summed E-state index contributed by atoms with van der Waals surface area (Å²) in [5, 5.41) is 8.72. The SMILES string of the molecule is CCCc1ccc(C2CN(CC#N)C(=O)N2C)cc1. The van der Waals surface area contributed by atoms with Gasteiger partial charge in [-0.3, -0.25) is 0 Å². The number of hydrogen-bond donors (Lipinski definition) is 0. The van der Waals surface area contributed by atoms with Crippen LogP contribution in [0.15, 0.2) is 24.3 Å². The van der Waals surface area contributed by atoms with Gasteiger partial charge in [0.15, 0.2) is 0 Å². The number of aryl methyl sites for hydroxylation is 1. The largest absolute Gasteiger partial charge is 0.321 e. The molecular weight excluding hydrogens is 238 g/mol. The number of carbonyl (C=O) groups excluding carboxylic acids is 1. The molecule has 4 heteroatoms. The van der Waals surface area contributed by atoms with Gasteiger partial charge in [-0.1, -0.05) is 37.6 Å². The Morgan fingerprint density at radius 1 is 1.37 bits per heavy atom. The number of nitrogens with zero attached hydrogens (tertiary/aromatic N) is 3. The average molecular weight is 257 g/mol. The summed E-state index contributed by atoms with van der Waals surface area (Å²) in [6.45, 7) is 2.92. The molecule has 0 N–H and O–H groups in total. The summed E-state index contributed by atoms with van der Waals surface area (Å²) in [4.78, 5) is 15.3. The van der Waals surface area contributed by atoms with Gasteiger partial charge >= 0.3 is 6.03 Å². The van der Waals surface area contributed by atoms with E-state index in [1.54, 1.807) is 16.8 Å². The maximum Gasteiger partial charge on any atom is 0.321 e. The molecule has 1 atom stereocenters. The first kappa shape index (κ1) is 13.4. The summed E-state index contributed by atoms with van der Waals surface area (Å²) < 4.78 is 0. The lowest BCUT2D eigenvalue weighted by Gasteiger charge is -2.18. The second-order valence-corrected chi connectivity index (χ2v) is 4.94. The van der Waals surface area contributed by atoms with E-state index < -0.39 is 0 Å². The number of likely N-dealkylation sites (N-methyl/N-ethyl adjacent to an activating group) is 1. The van der Waals surface area contributed by atoms with Crippen LogP contribution < -0.4 is 0 Å². The molecule has 19 heavy (non-hydrogen) atoms. The number of nitriles is 1. The lowest BCUT2D eigenvalue weighted by atomic mass is 10.0. The second-order valence-electron chi connectivity index (χ2n) is 4.94. The van der Waals surface area contributed by atoms with Crippen LogP contribution in [-0.4, -0.2) is 36.0 Å². The molecule has 1 aromatic carbocycles. The molecule has 1 aliphatic heterocycles. The Morgan fingerprint density at radius 3 is 2.63 bits per heavy atom. The predicted octanol–water partition coefficient (Wildman–Crippen LogP) is 2.57. The zero-order chi connectivity index (χ0) is 13.8. The summed E-state index contributed by atoms with van der Waals surface area (Å²) in [5.41, 5.74) is 2.46. The summed E-state index contributed by atoms with van der Waals surface area (Å²) >= 11 is 0. The highest BCUT2D eigenvalue weighted by Gasteiger charge is 2.35. The molecule has 1 aromatic rings. The third-order valence-electron chi connectivity index (χ3n) is 3.60. The number of amides is 2. The zero-order valence-electron chi connectivity index (χ0n) is 11.5. The molecule has 1 aliphatic rings. The molecule has 0 radical (unpaired) electrons. The molecule has 100 valence electrons. The van der Waals surface area contributed by atoms with E-state index in [9.17, 15) is 4.79 Å². The minimum absolute atomic E-state index is 0.0523. The molecule has 1 heterocycles. The van der Waals surface area contributed by atoms with E-state index in [0.29, 0.717) is 6.54 Å². The topological polar surface area (TPSA) is 47.3 Å². The smallest absolute Gasteiger partial charge is 0.319 e. The standard InChI is InChI=1S/C15H19N3O/c1-3-4-12-5-7-13(8-6-12)14-11-18(10-9-16)15(19)17(14)2/h5-8,14H,3-4,10-11H2,1-2H3. The summed E-state index contributed by atoms with van der Waals surface area (Å²) in [6, 6.07) is 10.5. The van der Waals surface area contributed by atoms with Crippen molar-refractivity contribution in [2.75, 3.05) is 20.1 Å². The quantitative estimate of drug-likeness (QED) is 0.778. The number of urea groups is 1. The number of carbonyl (C=O) groups is 1. The van der Waals surface area contributed by atoms with Crippen molar-refractivity contribution in [1.29, 1.82) is 5.26 Å². The molecular formula is C15H19N3O. The van der Waals surface area contributed by atoms with Gasteiger partial charge in [-0.05, 0) is 17.5 Å². The monoisotopic (exact) mass is 257 g/mol. The zero-order valence-corrected chi connectivity index (χ0v) is 11.5. The van der Waals surface area contributed by atoms with E-state index in [-0.39, 0.29) is 18.6 Å². The van der Waals surface area contributed by atoms with E-state index in [2.05, 4.69) is 31.2 Å². The third-order valence-corrected chi connectivity index (χ3v) is 3.60. The summed E-state index contributed by atoms with van der Waals surface area (Å²) in [7, 11) is 1.80. The molecule has 1 unspecified atom stereocenters. The fraction of sp³-hybridized carbons (Fsp3) is 0.467. The molecule has 0 bridgehead atoms. The predicted molar refractivity (Wildman–Crippen MR) is 73.5 cm³/mol. The fourth-order valence-electron chi connectivity index (χ4n) is 2.51. The van der Waals surface area contributed by atoms with Gasteiger partial charge in [-0.15, -0.1) is 0 Å². The van der Waals surface area contributed by atoms with Crippen molar-refractivity contribution in [3.63, 3.8) is 0 Å². The Balaban J connectivity index is 2.14. The molecule has 1 saturated heterocycles. The Labute approximate surface area is 114 Å². The lowest BCUT2D eigenvalue weighted by molar-refractivity contribution is 0.199. The van der Waals surface area contributed by atoms with Gasteiger partial charge in [0.05, 0.1) is 12.1 Å². The Bertz CT molecular complexity index is 489. The van der Waals surface area contributed by atoms with Crippen molar-refractivity contribution in [2.45, 2.75) is 25.8 Å². The average Bonchev–Trinajstić information content (AvgIpc) is 2.69. The van der Waals surface area contributed by atoms with Crippen LogP contribution in [0.1, 0.15) is 30.5 Å².